The molecule has 1 aliphatic rings. The Morgan fingerprint density at radius 3 is 2.84 bits per heavy atom. The lowest BCUT2D eigenvalue weighted by atomic mass is 10.0. The number of rotatable bonds is 5. The average molecular weight is 344 g/mol. The molecular formula is C20H18F2O3. The van der Waals surface area contributed by atoms with Gasteiger partial charge in [-0.15, -0.1) is 0 Å². The largest absolute Gasteiger partial charge is 0.493 e. The van der Waals surface area contributed by atoms with E-state index < -0.39 is 17.4 Å². The molecule has 130 valence electrons. The van der Waals surface area contributed by atoms with Crippen molar-refractivity contribution in [3.8, 4) is 11.5 Å². The first-order valence-electron chi connectivity index (χ1n) is 8.11. The van der Waals surface area contributed by atoms with Crippen molar-refractivity contribution in [1.82, 2.24) is 0 Å². The van der Waals surface area contributed by atoms with E-state index in [2.05, 4.69) is 0 Å². The summed E-state index contributed by atoms with van der Waals surface area (Å²) in [5.41, 5.74) is 1.55. The number of carbonyl (C=O) groups excluding carboxylic acids is 1. The molecule has 3 rings (SSSR count). The molecule has 0 N–H and O–H groups in total. The highest BCUT2D eigenvalue weighted by Crippen LogP contribution is 2.35. The van der Waals surface area contributed by atoms with E-state index in [1.807, 2.05) is 26.0 Å². The maximum absolute atomic E-state index is 13.7. The van der Waals surface area contributed by atoms with Crippen LogP contribution < -0.4 is 9.47 Å². The van der Waals surface area contributed by atoms with E-state index in [0.717, 1.165) is 29.9 Å². The van der Waals surface area contributed by atoms with Crippen molar-refractivity contribution >= 4 is 11.9 Å². The van der Waals surface area contributed by atoms with Crippen LogP contribution in [0.4, 0.5) is 8.78 Å². The molecule has 0 radical (unpaired) electrons. The minimum Gasteiger partial charge on any atom is -0.493 e. The molecule has 2 aromatic rings. The highest BCUT2D eigenvalue weighted by molar-refractivity contribution is 6.07. The van der Waals surface area contributed by atoms with Crippen LogP contribution in [-0.2, 0) is 6.42 Å². The van der Waals surface area contributed by atoms with Gasteiger partial charge in [0.15, 0.2) is 5.78 Å². The lowest BCUT2D eigenvalue weighted by Gasteiger charge is -2.10. The minimum atomic E-state index is -0.884. The Labute approximate surface area is 144 Å². The maximum Gasteiger partial charge on any atom is 0.188 e. The zero-order valence-corrected chi connectivity index (χ0v) is 14.0. The van der Waals surface area contributed by atoms with Crippen molar-refractivity contribution in [2.24, 2.45) is 0 Å². The average Bonchev–Trinajstić information content (AvgIpc) is 2.91. The third-order valence-corrected chi connectivity index (χ3v) is 3.94. The van der Waals surface area contributed by atoms with E-state index in [9.17, 15) is 13.6 Å². The summed E-state index contributed by atoms with van der Waals surface area (Å²) in [6.45, 7) is 4.34. The Morgan fingerprint density at radius 1 is 1.32 bits per heavy atom. The van der Waals surface area contributed by atoms with Gasteiger partial charge >= 0.3 is 0 Å². The van der Waals surface area contributed by atoms with E-state index in [1.165, 1.54) is 6.08 Å². The van der Waals surface area contributed by atoms with Crippen molar-refractivity contribution in [2.75, 3.05) is 6.61 Å². The van der Waals surface area contributed by atoms with Gasteiger partial charge in [0.25, 0.3) is 0 Å². The molecule has 0 spiro atoms. The van der Waals surface area contributed by atoms with Gasteiger partial charge in [-0.2, -0.15) is 0 Å². The zero-order chi connectivity index (χ0) is 18.0. The highest BCUT2D eigenvalue weighted by Gasteiger charge is 2.21. The number of allylic oxidation sites excluding steroid dienone is 1. The highest BCUT2D eigenvalue weighted by atomic mass is 19.1. The predicted molar refractivity (Wildman–Crippen MR) is 91.1 cm³/mol. The van der Waals surface area contributed by atoms with Crippen molar-refractivity contribution in [2.45, 2.75) is 26.4 Å². The second-order valence-electron chi connectivity index (χ2n) is 5.89. The smallest absolute Gasteiger partial charge is 0.188 e. The molecule has 0 saturated heterocycles. The van der Waals surface area contributed by atoms with Crippen molar-refractivity contribution in [3.05, 3.63) is 64.7 Å². The Kier molecular flexibility index (Phi) is 4.83. The summed E-state index contributed by atoms with van der Waals surface area (Å²) in [6, 6.07) is 6.60. The van der Waals surface area contributed by atoms with Crippen molar-refractivity contribution < 1.29 is 23.0 Å². The monoisotopic (exact) mass is 344 g/mol. The van der Waals surface area contributed by atoms with E-state index in [1.54, 1.807) is 6.08 Å². The van der Waals surface area contributed by atoms with Gasteiger partial charge in [-0.1, -0.05) is 0 Å². The quantitative estimate of drug-likeness (QED) is 0.588. The SMILES string of the molecule is CCOc1cc2c(cc1/C=C/C(=O)c1ccc(F)cc1F)O[C@H](C)C2. The van der Waals surface area contributed by atoms with Crippen LogP contribution in [0, 0.1) is 11.6 Å². The molecular weight excluding hydrogens is 326 g/mol. The molecule has 0 aromatic heterocycles. The van der Waals surface area contributed by atoms with Gasteiger partial charge in [0.1, 0.15) is 29.2 Å². The van der Waals surface area contributed by atoms with Crippen LogP contribution in [-0.4, -0.2) is 18.5 Å². The molecule has 1 heterocycles. The summed E-state index contributed by atoms with van der Waals surface area (Å²) in [7, 11) is 0. The van der Waals surface area contributed by atoms with Crippen LogP contribution in [0.15, 0.2) is 36.4 Å². The number of halogens is 2. The molecule has 2 aromatic carbocycles. The summed E-state index contributed by atoms with van der Waals surface area (Å²) in [5, 5.41) is 0. The third kappa shape index (κ3) is 3.71. The molecule has 25 heavy (non-hydrogen) atoms. The number of carbonyl (C=O) groups is 1. The Hall–Kier alpha value is -2.69. The minimum absolute atomic E-state index is 0.0960. The maximum atomic E-state index is 13.7. The number of hydrogen-bond acceptors (Lipinski definition) is 3. The van der Waals surface area contributed by atoms with E-state index in [0.29, 0.717) is 24.0 Å². The van der Waals surface area contributed by atoms with Crippen LogP contribution in [0.5, 0.6) is 11.5 Å². The van der Waals surface area contributed by atoms with Gasteiger partial charge < -0.3 is 9.47 Å². The fraction of sp³-hybridized carbons (Fsp3) is 0.250. The molecule has 1 atom stereocenters. The topological polar surface area (TPSA) is 35.5 Å². The molecule has 3 nitrogen and oxygen atoms in total. The van der Waals surface area contributed by atoms with Gasteiger partial charge in [-0.3, -0.25) is 4.79 Å². The lowest BCUT2D eigenvalue weighted by Crippen LogP contribution is -2.05. The van der Waals surface area contributed by atoms with E-state index >= 15 is 0 Å². The Balaban J connectivity index is 1.90. The number of hydrogen-bond donors (Lipinski definition) is 0. The second-order valence-corrected chi connectivity index (χ2v) is 5.89. The fourth-order valence-corrected chi connectivity index (χ4v) is 2.81. The summed E-state index contributed by atoms with van der Waals surface area (Å²) in [5.74, 6) is -0.749. The summed E-state index contributed by atoms with van der Waals surface area (Å²) < 4.78 is 38.0. The summed E-state index contributed by atoms with van der Waals surface area (Å²) in [4.78, 5) is 12.2. The summed E-state index contributed by atoms with van der Waals surface area (Å²) >= 11 is 0. The van der Waals surface area contributed by atoms with Gasteiger partial charge in [0, 0.05) is 23.6 Å². The lowest BCUT2D eigenvalue weighted by molar-refractivity contribution is 0.104. The molecule has 0 aliphatic carbocycles. The third-order valence-electron chi connectivity index (χ3n) is 3.94. The van der Waals surface area contributed by atoms with Crippen molar-refractivity contribution in [1.29, 1.82) is 0 Å². The van der Waals surface area contributed by atoms with Gasteiger partial charge in [0.05, 0.1) is 12.2 Å². The van der Waals surface area contributed by atoms with Crippen LogP contribution in [0.25, 0.3) is 6.08 Å². The normalized spacial score (nSPS) is 15.9. The molecule has 0 unspecified atom stereocenters. The van der Waals surface area contributed by atoms with Crippen molar-refractivity contribution in [3.63, 3.8) is 0 Å². The fourth-order valence-electron chi connectivity index (χ4n) is 2.81. The summed E-state index contributed by atoms with van der Waals surface area (Å²) in [6.07, 6.45) is 3.71. The molecule has 0 fully saturated rings. The first-order valence-corrected chi connectivity index (χ1v) is 8.11. The van der Waals surface area contributed by atoms with Gasteiger partial charge in [-0.25, -0.2) is 8.78 Å². The van der Waals surface area contributed by atoms with Crippen LogP contribution >= 0.6 is 0 Å². The molecule has 0 amide bonds. The first-order chi connectivity index (χ1) is 12.0. The molecule has 0 saturated carbocycles. The second kappa shape index (κ2) is 7.05. The Morgan fingerprint density at radius 2 is 2.12 bits per heavy atom. The predicted octanol–water partition coefficient (Wildman–Crippen LogP) is 4.58. The standard InChI is InChI=1S/C20H18F2O3/c1-3-24-19-10-14-8-12(2)25-20(14)9-13(19)4-7-18(23)16-6-5-15(21)11-17(16)22/h4-7,9-12H,3,8H2,1-2H3/b7-4+/t12-/m1/s1. The number of benzene rings is 2. The molecule has 1 aliphatic heterocycles. The van der Waals surface area contributed by atoms with Crippen LogP contribution in [0.3, 0.4) is 0 Å². The van der Waals surface area contributed by atoms with E-state index in [4.69, 9.17) is 9.47 Å². The van der Waals surface area contributed by atoms with Gasteiger partial charge in [-0.05, 0) is 50.3 Å². The first kappa shape index (κ1) is 17.1. The van der Waals surface area contributed by atoms with Crippen LogP contribution in [0.2, 0.25) is 0 Å². The van der Waals surface area contributed by atoms with Crippen LogP contribution in [0.1, 0.15) is 35.3 Å². The molecule has 0 bridgehead atoms. The molecule has 5 heteroatoms. The number of fused-ring (bicyclic) bond motifs is 1. The Bertz CT molecular complexity index is 843. The number of ketones is 1. The number of ether oxygens (including phenoxy) is 2. The van der Waals surface area contributed by atoms with E-state index in [-0.39, 0.29) is 11.7 Å². The van der Waals surface area contributed by atoms with Gasteiger partial charge in [0.2, 0.25) is 0 Å². The zero-order valence-electron chi connectivity index (χ0n) is 14.0.